The normalized spacial score (nSPS) is 23.9. The number of carbonyl (C=O) groups excluding carboxylic acids is 1. The van der Waals surface area contributed by atoms with Crippen molar-refractivity contribution >= 4 is 46.8 Å². The van der Waals surface area contributed by atoms with E-state index in [0.717, 1.165) is 0 Å². The van der Waals surface area contributed by atoms with Crippen molar-refractivity contribution in [1.29, 1.82) is 0 Å². The molecule has 0 spiro atoms. The predicted molar refractivity (Wildman–Crippen MR) is 56.1 cm³/mol. The van der Waals surface area contributed by atoms with Gasteiger partial charge in [-0.25, -0.2) is 0 Å². The molecule has 1 heterocycles. The summed E-state index contributed by atoms with van der Waals surface area (Å²) >= 11 is 8.84. The van der Waals surface area contributed by atoms with Crippen molar-refractivity contribution < 1.29 is 32.3 Å². The van der Waals surface area contributed by atoms with E-state index in [1.54, 1.807) is 0 Å². The van der Waals surface area contributed by atoms with Gasteiger partial charge in [0.2, 0.25) is 10.8 Å². The summed E-state index contributed by atoms with van der Waals surface area (Å²) in [7, 11) is 0. The molecule has 1 rings (SSSR count). The Hall–Kier alpha value is -0.410. The van der Waals surface area contributed by atoms with Crippen LogP contribution in [0.15, 0.2) is 0 Å². The molecule has 11 heteroatoms. The number of hydrogen-bond acceptors (Lipinski definition) is 3. The van der Waals surface area contributed by atoms with Gasteiger partial charge in [0.05, 0.1) is 11.7 Å². The van der Waals surface area contributed by atoms with E-state index in [1.807, 2.05) is 0 Å². The van der Waals surface area contributed by atoms with Gasteiger partial charge in [-0.05, 0) is 23.2 Å². The van der Waals surface area contributed by atoms with Crippen LogP contribution < -0.4 is 5.32 Å². The second-order valence-electron chi connectivity index (χ2n) is 3.37. The molecule has 0 radical (unpaired) electrons. The molecule has 4 nitrogen and oxygen atoms in total. The molecule has 2 N–H and O–H groups in total. The van der Waals surface area contributed by atoms with Gasteiger partial charge in [0.1, 0.15) is 0 Å². The van der Waals surface area contributed by atoms with Gasteiger partial charge in [0, 0.05) is 0 Å². The monoisotopic (exact) mass is 329 g/mol. The van der Waals surface area contributed by atoms with Crippen LogP contribution >= 0.6 is 35.0 Å². The van der Waals surface area contributed by atoms with Gasteiger partial charge in [-0.3, -0.25) is 9.59 Å². The lowest BCUT2D eigenvalue weighted by molar-refractivity contribution is -0.138. The fourth-order valence-corrected chi connectivity index (χ4v) is 3.17. The van der Waals surface area contributed by atoms with Crippen molar-refractivity contribution in [3.05, 3.63) is 0 Å². The van der Waals surface area contributed by atoms with Gasteiger partial charge in [0.25, 0.3) is 0 Å². The lowest BCUT2D eigenvalue weighted by atomic mass is 10.2. The van der Waals surface area contributed by atoms with E-state index >= 15 is 0 Å². The minimum atomic E-state index is -4.56. The van der Waals surface area contributed by atoms with Crippen LogP contribution in [-0.2, 0) is 9.59 Å². The lowest BCUT2D eigenvalue weighted by Crippen LogP contribution is -2.60. The molecule has 0 aromatic carbocycles. The Morgan fingerprint density at radius 3 is 2.11 bits per heavy atom. The van der Waals surface area contributed by atoms with Gasteiger partial charge >= 0.3 is 16.7 Å². The maximum absolute atomic E-state index is 13.1. The second kappa shape index (κ2) is 4.61. The van der Waals surface area contributed by atoms with Crippen LogP contribution in [0.3, 0.4) is 0 Å². The number of amides is 1. The fourth-order valence-electron chi connectivity index (χ4n) is 1.28. The highest BCUT2D eigenvalue weighted by Gasteiger charge is 2.73. The standard InChI is InChI=1S/C7H5Cl2F4NO3S/c8-6(10,11)5(7(9,12)13)14-4(17)2(18-5)1-3(15)16/h2H,1H2,(H,14,17)(H,15,16). The zero-order valence-corrected chi connectivity index (χ0v) is 10.6. The molecule has 0 aromatic heterocycles. The highest BCUT2D eigenvalue weighted by Crippen LogP contribution is 2.56. The van der Waals surface area contributed by atoms with Crippen LogP contribution in [0.2, 0.25) is 0 Å². The van der Waals surface area contributed by atoms with Crippen LogP contribution in [0.1, 0.15) is 6.42 Å². The number of rotatable bonds is 4. The topological polar surface area (TPSA) is 66.4 Å². The predicted octanol–water partition coefficient (Wildman–Crippen LogP) is 2.05. The summed E-state index contributed by atoms with van der Waals surface area (Å²) in [6.45, 7) is 0. The van der Waals surface area contributed by atoms with Gasteiger partial charge < -0.3 is 10.4 Å². The van der Waals surface area contributed by atoms with Crippen molar-refractivity contribution in [2.75, 3.05) is 0 Å². The third-order valence-corrected chi connectivity index (χ3v) is 4.49. The summed E-state index contributed by atoms with van der Waals surface area (Å²) in [4.78, 5) is 18.0. The first-order valence-electron chi connectivity index (χ1n) is 4.26. The van der Waals surface area contributed by atoms with Gasteiger partial charge in [-0.15, -0.1) is 11.8 Å². The molecule has 1 unspecified atom stereocenters. The van der Waals surface area contributed by atoms with Crippen molar-refractivity contribution in [2.24, 2.45) is 0 Å². The second-order valence-corrected chi connectivity index (χ2v) is 5.74. The molecule has 1 aliphatic rings. The molecule has 0 aliphatic carbocycles. The Morgan fingerprint density at radius 2 is 1.83 bits per heavy atom. The first-order chi connectivity index (χ1) is 7.91. The first kappa shape index (κ1) is 15.6. The van der Waals surface area contributed by atoms with E-state index < -0.39 is 39.2 Å². The highest BCUT2D eigenvalue weighted by molar-refractivity contribution is 8.02. The molecule has 0 aromatic rings. The van der Waals surface area contributed by atoms with Crippen molar-refractivity contribution in [2.45, 2.75) is 27.3 Å². The molecule has 1 aliphatic heterocycles. The Bertz CT molecular complexity index is 370. The van der Waals surface area contributed by atoms with Crippen LogP contribution in [-0.4, -0.2) is 37.9 Å². The van der Waals surface area contributed by atoms with E-state index in [0.29, 0.717) is 0 Å². The summed E-state index contributed by atoms with van der Waals surface area (Å²) in [6.07, 6.45) is -0.905. The first-order valence-corrected chi connectivity index (χ1v) is 5.89. The minimum Gasteiger partial charge on any atom is -0.481 e. The Kier molecular flexibility index (Phi) is 4.00. The third-order valence-electron chi connectivity index (χ3n) is 2.07. The number of halogens is 6. The number of nitrogens with one attached hydrogen (secondary N) is 1. The van der Waals surface area contributed by atoms with E-state index in [4.69, 9.17) is 5.11 Å². The highest BCUT2D eigenvalue weighted by atomic mass is 35.5. The van der Waals surface area contributed by atoms with E-state index in [9.17, 15) is 27.2 Å². The SMILES string of the molecule is O=C(O)CC1SC(C(F)(F)Cl)(C(F)(F)Cl)NC1=O. The third kappa shape index (κ3) is 2.62. The Labute approximate surface area is 112 Å². The molecule has 1 fully saturated rings. The van der Waals surface area contributed by atoms with E-state index in [-0.39, 0.29) is 11.8 Å². The number of thioether (sulfide) groups is 1. The summed E-state index contributed by atoms with van der Waals surface area (Å²) < 4.78 is 52.3. The van der Waals surface area contributed by atoms with E-state index in [2.05, 4.69) is 23.2 Å². The maximum Gasteiger partial charge on any atom is 0.361 e. The number of aliphatic carboxylic acids is 1. The van der Waals surface area contributed by atoms with Gasteiger partial charge in [0.15, 0.2) is 0 Å². The van der Waals surface area contributed by atoms with E-state index in [1.165, 1.54) is 5.32 Å². The van der Waals surface area contributed by atoms with Crippen LogP contribution in [0.4, 0.5) is 17.6 Å². The average Bonchev–Trinajstić information content (AvgIpc) is 2.41. The molecule has 0 bridgehead atoms. The van der Waals surface area contributed by atoms with Crippen LogP contribution in [0, 0.1) is 0 Å². The summed E-state index contributed by atoms with van der Waals surface area (Å²) in [5, 5.41) is -1.02. The fraction of sp³-hybridized carbons (Fsp3) is 0.714. The Balaban J connectivity index is 3.12. The number of carboxylic acid groups (broad SMARTS) is 1. The summed E-state index contributed by atoms with van der Waals surface area (Å²) in [5.74, 6) is -2.79. The van der Waals surface area contributed by atoms with Gasteiger partial charge in [-0.1, -0.05) is 0 Å². The number of hydrogen-bond donors (Lipinski definition) is 2. The number of alkyl halides is 6. The van der Waals surface area contributed by atoms with Crippen LogP contribution in [0.5, 0.6) is 0 Å². The average molecular weight is 330 g/mol. The summed E-state index contributed by atoms with van der Waals surface area (Å²) in [5.41, 5.74) is 0. The summed E-state index contributed by atoms with van der Waals surface area (Å²) in [6, 6.07) is 0. The lowest BCUT2D eigenvalue weighted by Gasteiger charge is -2.35. The molecular formula is C7H5Cl2F4NO3S. The molecule has 18 heavy (non-hydrogen) atoms. The molecule has 1 saturated heterocycles. The molecule has 0 saturated carbocycles. The van der Waals surface area contributed by atoms with Crippen LogP contribution in [0.25, 0.3) is 0 Å². The molecule has 1 atom stereocenters. The zero-order chi connectivity index (χ0) is 14.4. The van der Waals surface area contributed by atoms with Crippen molar-refractivity contribution in [3.63, 3.8) is 0 Å². The van der Waals surface area contributed by atoms with Crippen molar-refractivity contribution in [1.82, 2.24) is 5.32 Å². The quantitative estimate of drug-likeness (QED) is 0.612. The smallest absolute Gasteiger partial charge is 0.361 e. The number of carbonyl (C=O) groups is 2. The van der Waals surface area contributed by atoms with Crippen molar-refractivity contribution in [3.8, 4) is 0 Å². The molecule has 1 amide bonds. The Morgan fingerprint density at radius 1 is 1.39 bits per heavy atom. The molecule has 104 valence electrons. The number of carboxylic acids is 1. The molecular weight excluding hydrogens is 325 g/mol. The zero-order valence-electron chi connectivity index (χ0n) is 8.22. The van der Waals surface area contributed by atoms with Gasteiger partial charge in [-0.2, -0.15) is 17.6 Å². The maximum atomic E-state index is 13.1. The minimum absolute atomic E-state index is 0.297. The largest absolute Gasteiger partial charge is 0.481 e.